The fraction of sp³-hybridized carbons (Fsp3) is 0.700. The van der Waals surface area contributed by atoms with E-state index >= 15 is 0 Å². The summed E-state index contributed by atoms with van der Waals surface area (Å²) in [6, 6.07) is 0. The van der Waals surface area contributed by atoms with Gasteiger partial charge in [0.15, 0.2) is 5.60 Å². The van der Waals surface area contributed by atoms with E-state index in [0.29, 0.717) is 12.5 Å². The number of hydrogen-bond acceptors (Lipinski definition) is 4. The minimum atomic E-state index is -0.405. The molecule has 1 fully saturated rings. The van der Waals surface area contributed by atoms with Crippen LogP contribution in [0.4, 0.5) is 0 Å². The number of aromatic nitrogens is 1. The van der Waals surface area contributed by atoms with Gasteiger partial charge in [-0.1, -0.05) is 0 Å². The summed E-state index contributed by atoms with van der Waals surface area (Å²) in [5, 5.41) is 3.28. The fourth-order valence-corrected chi connectivity index (χ4v) is 1.56. The highest BCUT2D eigenvalue weighted by molar-refractivity contribution is 5.10. The Morgan fingerprint density at radius 3 is 2.71 bits per heavy atom. The SMILES string of the molecule is Cc1nc(C2(C)CNCCO2)oc1C. The molecule has 4 heteroatoms. The smallest absolute Gasteiger partial charge is 0.227 e. The second-order valence-electron chi connectivity index (χ2n) is 3.92. The van der Waals surface area contributed by atoms with E-state index in [4.69, 9.17) is 9.15 Å². The Kier molecular flexibility index (Phi) is 2.33. The lowest BCUT2D eigenvalue weighted by Gasteiger charge is -2.31. The first kappa shape index (κ1) is 9.68. The molecule has 0 saturated carbocycles. The zero-order valence-corrected chi connectivity index (χ0v) is 8.89. The topological polar surface area (TPSA) is 47.3 Å². The van der Waals surface area contributed by atoms with Gasteiger partial charge < -0.3 is 14.5 Å². The average Bonchev–Trinajstić information content (AvgIpc) is 2.49. The van der Waals surface area contributed by atoms with Crippen LogP contribution in [0.1, 0.15) is 24.3 Å². The van der Waals surface area contributed by atoms with Crippen LogP contribution < -0.4 is 5.32 Å². The minimum Gasteiger partial charge on any atom is -0.443 e. The highest BCUT2D eigenvalue weighted by atomic mass is 16.5. The van der Waals surface area contributed by atoms with Crippen LogP contribution in [-0.2, 0) is 10.3 Å². The Bertz CT molecular complexity index is 307. The second-order valence-corrected chi connectivity index (χ2v) is 3.92. The van der Waals surface area contributed by atoms with Crippen molar-refractivity contribution in [3.63, 3.8) is 0 Å². The Balaban J connectivity index is 2.28. The van der Waals surface area contributed by atoms with Gasteiger partial charge in [0.1, 0.15) is 5.76 Å². The standard InChI is InChI=1S/C10H16N2O2/c1-7-8(2)14-9(12-7)10(3)6-11-4-5-13-10/h11H,4-6H2,1-3H3. The molecule has 1 aromatic rings. The number of nitrogens with one attached hydrogen (secondary N) is 1. The maximum absolute atomic E-state index is 5.70. The third kappa shape index (κ3) is 1.55. The lowest BCUT2D eigenvalue weighted by atomic mass is 10.1. The van der Waals surface area contributed by atoms with Crippen LogP contribution in [0.5, 0.6) is 0 Å². The van der Waals surface area contributed by atoms with Gasteiger partial charge in [0.25, 0.3) is 0 Å². The van der Waals surface area contributed by atoms with Gasteiger partial charge in [-0.15, -0.1) is 0 Å². The summed E-state index contributed by atoms with van der Waals surface area (Å²) in [5.74, 6) is 1.55. The predicted molar refractivity (Wildman–Crippen MR) is 52.2 cm³/mol. The predicted octanol–water partition coefficient (Wildman–Crippen LogP) is 1.13. The molecule has 2 rings (SSSR count). The zero-order chi connectivity index (χ0) is 10.2. The summed E-state index contributed by atoms with van der Waals surface area (Å²) >= 11 is 0. The van der Waals surface area contributed by atoms with E-state index in [9.17, 15) is 0 Å². The third-order valence-electron chi connectivity index (χ3n) is 2.64. The van der Waals surface area contributed by atoms with Crippen molar-refractivity contribution < 1.29 is 9.15 Å². The van der Waals surface area contributed by atoms with E-state index in [1.807, 2.05) is 20.8 Å². The molecule has 4 nitrogen and oxygen atoms in total. The van der Waals surface area contributed by atoms with E-state index in [-0.39, 0.29) is 0 Å². The van der Waals surface area contributed by atoms with E-state index in [1.165, 1.54) is 0 Å². The van der Waals surface area contributed by atoms with Gasteiger partial charge in [0, 0.05) is 13.1 Å². The minimum absolute atomic E-state index is 0.405. The normalized spacial score (nSPS) is 27.9. The number of hydrogen-bond donors (Lipinski definition) is 1. The van der Waals surface area contributed by atoms with Crippen molar-refractivity contribution in [3.8, 4) is 0 Å². The molecule has 1 aromatic heterocycles. The number of ether oxygens (including phenoxy) is 1. The molecule has 1 unspecified atom stereocenters. The molecule has 0 aliphatic carbocycles. The first-order chi connectivity index (χ1) is 6.62. The Morgan fingerprint density at radius 2 is 2.21 bits per heavy atom. The number of aryl methyl sites for hydroxylation is 2. The fourth-order valence-electron chi connectivity index (χ4n) is 1.56. The first-order valence-corrected chi connectivity index (χ1v) is 4.91. The molecule has 1 saturated heterocycles. The molecule has 2 heterocycles. The van der Waals surface area contributed by atoms with E-state index in [1.54, 1.807) is 0 Å². The molecule has 0 bridgehead atoms. The molecule has 0 spiro atoms. The van der Waals surface area contributed by atoms with Crippen LogP contribution >= 0.6 is 0 Å². The number of morpholine rings is 1. The molecule has 1 aliphatic rings. The molecule has 1 N–H and O–H groups in total. The third-order valence-corrected chi connectivity index (χ3v) is 2.64. The molecule has 1 aliphatic heterocycles. The Hall–Kier alpha value is -0.870. The summed E-state index contributed by atoms with van der Waals surface area (Å²) in [5.41, 5.74) is 0.535. The van der Waals surface area contributed by atoms with Gasteiger partial charge in [-0.2, -0.15) is 0 Å². The molecule has 0 radical (unpaired) electrons. The van der Waals surface area contributed by atoms with E-state index in [0.717, 1.165) is 24.5 Å². The lowest BCUT2D eigenvalue weighted by Crippen LogP contribution is -2.45. The van der Waals surface area contributed by atoms with Crippen LogP contribution in [0, 0.1) is 13.8 Å². The van der Waals surface area contributed by atoms with Crippen LogP contribution in [0.25, 0.3) is 0 Å². The van der Waals surface area contributed by atoms with Crippen LogP contribution in [0.2, 0.25) is 0 Å². The number of nitrogens with zero attached hydrogens (tertiary/aromatic N) is 1. The van der Waals surface area contributed by atoms with Crippen LogP contribution in [-0.4, -0.2) is 24.7 Å². The Labute approximate surface area is 83.7 Å². The lowest BCUT2D eigenvalue weighted by molar-refractivity contribution is -0.0744. The summed E-state index contributed by atoms with van der Waals surface area (Å²) in [4.78, 5) is 4.37. The van der Waals surface area contributed by atoms with E-state index < -0.39 is 5.60 Å². The van der Waals surface area contributed by atoms with Crippen LogP contribution in [0.3, 0.4) is 0 Å². The summed E-state index contributed by atoms with van der Waals surface area (Å²) < 4.78 is 11.3. The molecule has 78 valence electrons. The molecular weight excluding hydrogens is 180 g/mol. The first-order valence-electron chi connectivity index (χ1n) is 4.91. The van der Waals surface area contributed by atoms with Gasteiger partial charge in [-0.05, 0) is 20.8 Å². The zero-order valence-electron chi connectivity index (χ0n) is 8.89. The van der Waals surface area contributed by atoms with Gasteiger partial charge in [-0.25, -0.2) is 4.98 Å². The molecular formula is C10H16N2O2. The monoisotopic (exact) mass is 196 g/mol. The molecule has 1 atom stereocenters. The van der Waals surface area contributed by atoms with Gasteiger partial charge in [0.05, 0.1) is 12.3 Å². The molecule has 0 aromatic carbocycles. The second kappa shape index (κ2) is 3.37. The molecule has 0 amide bonds. The average molecular weight is 196 g/mol. The maximum atomic E-state index is 5.70. The maximum Gasteiger partial charge on any atom is 0.227 e. The van der Waals surface area contributed by atoms with Crippen LogP contribution in [0.15, 0.2) is 4.42 Å². The Morgan fingerprint density at radius 1 is 1.43 bits per heavy atom. The van der Waals surface area contributed by atoms with Crippen molar-refractivity contribution in [1.82, 2.24) is 10.3 Å². The number of oxazole rings is 1. The summed E-state index contributed by atoms with van der Waals surface area (Å²) in [7, 11) is 0. The summed E-state index contributed by atoms with van der Waals surface area (Å²) in [6.07, 6.45) is 0. The largest absolute Gasteiger partial charge is 0.443 e. The highest BCUT2D eigenvalue weighted by Crippen LogP contribution is 2.27. The van der Waals surface area contributed by atoms with E-state index in [2.05, 4.69) is 10.3 Å². The quantitative estimate of drug-likeness (QED) is 0.731. The highest BCUT2D eigenvalue weighted by Gasteiger charge is 2.35. The van der Waals surface area contributed by atoms with Gasteiger partial charge in [-0.3, -0.25) is 0 Å². The van der Waals surface area contributed by atoms with Crippen molar-refractivity contribution in [2.45, 2.75) is 26.4 Å². The number of rotatable bonds is 1. The summed E-state index contributed by atoms with van der Waals surface area (Å²) in [6.45, 7) is 8.23. The van der Waals surface area contributed by atoms with Gasteiger partial charge >= 0.3 is 0 Å². The van der Waals surface area contributed by atoms with Crippen molar-refractivity contribution in [2.75, 3.05) is 19.7 Å². The van der Waals surface area contributed by atoms with Crippen molar-refractivity contribution in [2.24, 2.45) is 0 Å². The van der Waals surface area contributed by atoms with Crippen molar-refractivity contribution >= 4 is 0 Å². The van der Waals surface area contributed by atoms with Crippen molar-refractivity contribution in [3.05, 3.63) is 17.3 Å². The molecule has 14 heavy (non-hydrogen) atoms. The van der Waals surface area contributed by atoms with Crippen molar-refractivity contribution in [1.29, 1.82) is 0 Å². The van der Waals surface area contributed by atoms with Gasteiger partial charge in [0.2, 0.25) is 5.89 Å².